The van der Waals surface area contributed by atoms with Gasteiger partial charge in [0.25, 0.3) is 0 Å². The summed E-state index contributed by atoms with van der Waals surface area (Å²) < 4.78 is 1.79. The summed E-state index contributed by atoms with van der Waals surface area (Å²) in [7, 11) is 1.90. The average molecular weight is 242 g/mol. The maximum atomic E-state index is 5.65. The maximum Gasteiger partial charge on any atom is 0.180 e. The lowest BCUT2D eigenvalue weighted by Gasteiger charge is -1.93. The Kier molecular flexibility index (Phi) is 2.29. The van der Waals surface area contributed by atoms with Crippen LogP contribution in [0.1, 0.15) is 12.6 Å². The van der Waals surface area contributed by atoms with Gasteiger partial charge in [-0.3, -0.25) is 4.68 Å². The molecule has 3 rings (SSSR count). The molecule has 3 aromatic rings. The zero-order chi connectivity index (χ0) is 12.7. The van der Waals surface area contributed by atoms with Crippen LogP contribution >= 0.6 is 0 Å². The largest absolute Gasteiger partial charge is 0.384 e. The first-order valence-corrected chi connectivity index (χ1v) is 5.82. The molecule has 0 aromatic carbocycles. The lowest BCUT2D eigenvalue weighted by atomic mass is 10.2. The highest BCUT2D eigenvalue weighted by molar-refractivity contribution is 5.77. The number of hydrogen-bond donors (Lipinski definition) is 2. The minimum absolute atomic E-state index is 0.474. The normalized spacial score (nSPS) is 11.2. The molecule has 0 unspecified atom stereocenters. The predicted octanol–water partition coefficient (Wildman–Crippen LogP) is 1.50. The van der Waals surface area contributed by atoms with Crippen molar-refractivity contribution in [3.63, 3.8) is 0 Å². The third kappa shape index (κ3) is 1.62. The number of aromatic amines is 1. The molecule has 0 atom stereocenters. The van der Waals surface area contributed by atoms with E-state index in [1.807, 2.05) is 19.3 Å². The number of aryl methyl sites for hydroxylation is 2. The van der Waals surface area contributed by atoms with Crippen LogP contribution in [0.4, 0.5) is 5.82 Å². The van der Waals surface area contributed by atoms with Gasteiger partial charge in [0.1, 0.15) is 11.6 Å². The van der Waals surface area contributed by atoms with E-state index in [0.29, 0.717) is 11.5 Å². The van der Waals surface area contributed by atoms with Crippen molar-refractivity contribution in [2.45, 2.75) is 13.3 Å². The Bertz CT molecular complexity index is 709. The van der Waals surface area contributed by atoms with E-state index in [1.54, 1.807) is 10.7 Å². The first-order valence-electron chi connectivity index (χ1n) is 5.82. The number of imidazole rings is 1. The molecular weight excluding hydrogens is 228 g/mol. The van der Waals surface area contributed by atoms with Crippen molar-refractivity contribution in [3.05, 3.63) is 24.0 Å². The molecule has 0 aliphatic heterocycles. The number of anilines is 1. The molecule has 6 heteroatoms. The number of nitrogens with two attached hydrogens (primary N) is 1. The summed E-state index contributed by atoms with van der Waals surface area (Å²) in [5.74, 6) is 1.26. The van der Waals surface area contributed by atoms with Gasteiger partial charge in [-0.25, -0.2) is 9.97 Å². The van der Waals surface area contributed by atoms with Gasteiger partial charge in [0.2, 0.25) is 0 Å². The molecule has 0 saturated carbocycles. The fourth-order valence-electron chi connectivity index (χ4n) is 2.03. The van der Waals surface area contributed by atoms with Crippen LogP contribution in [0, 0.1) is 0 Å². The molecule has 6 nitrogen and oxygen atoms in total. The van der Waals surface area contributed by atoms with Gasteiger partial charge in [-0.1, -0.05) is 6.92 Å². The lowest BCUT2D eigenvalue weighted by Crippen LogP contribution is -1.89. The van der Waals surface area contributed by atoms with E-state index in [-0.39, 0.29) is 0 Å². The molecule has 3 N–H and O–H groups in total. The number of nitrogen functional groups attached to an aromatic ring is 1. The highest BCUT2D eigenvalue weighted by Gasteiger charge is 2.13. The van der Waals surface area contributed by atoms with Crippen molar-refractivity contribution in [2.24, 2.45) is 7.05 Å². The van der Waals surface area contributed by atoms with Crippen molar-refractivity contribution in [1.29, 1.82) is 0 Å². The number of nitrogens with zero attached hydrogens (tertiary/aromatic N) is 4. The highest BCUT2D eigenvalue weighted by atomic mass is 15.3. The smallest absolute Gasteiger partial charge is 0.180 e. The van der Waals surface area contributed by atoms with Gasteiger partial charge in [-0.15, -0.1) is 0 Å². The molecule has 3 heterocycles. The van der Waals surface area contributed by atoms with Crippen LogP contribution < -0.4 is 5.73 Å². The fraction of sp³-hybridized carbons (Fsp3) is 0.250. The molecule has 0 aliphatic carbocycles. The van der Waals surface area contributed by atoms with Crippen LogP contribution in [0.2, 0.25) is 0 Å². The van der Waals surface area contributed by atoms with Crippen molar-refractivity contribution < 1.29 is 0 Å². The van der Waals surface area contributed by atoms with Crippen LogP contribution in [0.5, 0.6) is 0 Å². The van der Waals surface area contributed by atoms with E-state index in [4.69, 9.17) is 5.73 Å². The van der Waals surface area contributed by atoms with Crippen LogP contribution in [-0.4, -0.2) is 24.7 Å². The second-order valence-electron chi connectivity index (χ2n) is 4.21. The molecule has 0 spiro atoms. The summed E-state index contributed by atoms with van der Waals surface area (Å²) >= 11 is 0. The Balaban J connectivity index is 2.18. The van der Waals surface area contributed by atoms with E-state index in [9.17, 15) is 0 Å². The summed E-state index contributed by atoms with van der Waals surface area (Å²) in [5, 5.41) is 4.40. The van der Waals surface area contributed by atoms with E-state index >= 15 is 0 Å². The molecule has 0 aliphatic rings. The lowest BCUT2D eigenvalue weighted by molar-refractivity contribution is 0.746. The Hall–Kier alpha value is -2.37. The Labute approximate surface area is 104 Å². The quantitative estimate of drug-likeness (QED) is 0.713. The maximum absolute atomic E-state index is 5.65. The first-order chi connectivity index (χ1) is 8.67. The van der Waals surface area contributed by atoms with Crippen LogP contribution in [-0.2, 0) is 13.5 Å². The van der Waals surface area contributed by atoms with Gasteiger partial charge in [-0.2, -0.15) is 5.10 Å². The minimum Gasteiger partial charge on any atom is -0.384 e. The zero-order valence-corrected chi connectivity index (χ0v) is 10.3. The first kappa shape index (κ1) is 10.8. The Morgan fingerprint density at radius 1 is 1.33 bits per heavy atom. The van der Waals surface area contributed by atoms with Gasteiger partial charge < -0.3 is 10.7 Å². The third-order valence-corrected chi connectivity index (χ3v) is 2.86. The second-order valence-corrected chi connectivity index (χ2v) is 4.21. The summed E-state index contributed by atoms with van der Waals surface area (Å²) in [6.07, 6.45) is 2.82. The number of H-pyrrole nitrogens is 1. The molecule has 0 amide bonds. The standard InChI is InChI=1S/C12H14N6/c1-3-8-7(6-18(2)17-8)11-14-9-4-5-10(13)15-12(9)16-11/h4-6H,3H2,1-2H3,(H3,13,14,15,16). The van der Waals surface area contributed by atoms with Gasteiger partial charge >= 0.3 is 0 Å². The predicted molar refractivity (Wildman–Crippen MR) is 69.9 cm³/mol. The summed E-state index contributed by atoms with van der Waals surface area (Å²) in [6, 6.07) is 3.64. The van der Waals surface area contributed by atoms with Crippen LogP contribution in [0.3, 0.4) is 0 Å². The molecule has 0 radical (unpaired) electrons. The van der Waals surface area contributed by atoms with E-state index in [1.165, 1.54) is 0 Å². The van der Waals surface area contributed by atoms with E-state index in [0.717, 1.165) is 29.0 Å². The number of fused-ring (bicyclic) bond motifs is 1. The molecular formula is C12H14N6. The second kappa shape index (κ2) is 3.83. The van der Waals surface area contributed by atoms with E-state index in [2.05, 4.69) is 27.0 Å². The summed E-state index contributed by atoms with van der Waals surface area (Å²) in [5.41, 5.74) is 9.19. The van der Waals surface area contributed by atoms with Crippen LogP contribution in [0.25, 0.3) is 22.6 Å². The highest BCUT2D eigenvalue weighted by Crippen LogP contribution is 2.23. The van der Waals surface area contributed by atoms with E-state index < -0.39 is 0 Å². The zero-order valence-electron chi connectivity index (χ0n) is 10.3. The third-order valence-electron chi connectivity index (χ3n) is 2.86. The number of rotatable bonds is 2. The van der Waals surface area contributed by atoms with Gasteiger partial charge in [0.15, 0.2) is 5.65 Å². The van der Waals surface area contributed by atoms with Crippen molar-refractivity contribution >= 4 is 17.0 Å². The van der Waals surface area contributed by atoms with Gasteiger partial charge in [0, 0.05) is 13.2 Å². The Morgan fingerprint density at radius 3 is 2.94 bits per heavy atom. The topological polar surface area (TPSA) is 85.4 Å². The number of aromatic nitrogens is 5. The number of pyridine rings is 1. The number of hydrogen-bond acceptors (Lipinski definition) is 4. The monoisotopic (exact) mass is 242 g/mol. The Morgan fingerprint density at radius 2 is 2.17 bits per heavy atom. The molecule has 92 valence electrons. The minimum atomic E-state index is 0.474. The molecule has 0 saturated heterocycles. The molecule has 18 heavy (non-hydrogen) atoms. The fourth-order valence-corrected chi connectivity index (χ4v) is 2.03. The number of nitrogens with one attached hydrogen (secondary N) is 1. The summed E-state index contributed by atoms with van der Waals surface area (Å²) in [6.45, 7) is 2.07. The van der Waals surface area contributed by atoms with Crippen molar-refractivity contribution in [1.82, 2.24) is 24.7 Å². The summed E-state index contributed by atoms with van der Waals surface area (Å²) in [4.78, 5) is 11.9. The average Bonchev–Trinajstić information content (AvgIpc) is 2.91. The molecule has 0 bridgehead atoms. The SMILES string of the molecule is CCc1nn(C)cc1-c1nc2nc(N)ccc2[nH]1. The molecule has 3 aromatic heterocycles. The van der Waals surface area contributed by atoms with Gasteiger partial charge in [0.05, 0.1) is 16.8 Å². The molecule has 0 fully saturated rings. The van der Waals surface area contributed by atoms with Gasteiger partial charge in [-0.05, 0) is 18.6 Å². The van der Waals surface area contributed by atoms with Crippen LogP contribution in [0.15, 0.2) is 18.3 Å². The van der Waals surface area contributed by atoms with Crippen molar-refractivity contribution in [2.75, 3.05) is 5.73 Å². The van der Waals surface area contributed by atoms with Crippen molar-refractivity contribution in [3.8, 4) is 11.4 Å².